The summed E-state index contributed by atoms with van der Waals surface area (Å²) in [6, 6.07) is -0.136. The van der Waals surface area contributed by atoms with Crippen LogP contribution >= 0.6 is 0 Å². The predicted molar refractivity (Wildman–Crippen MR) is 73.4 cm³/mol. The van der Waals surface area contributed by atoms with Gasteiger partial charge < -0.3 is 15.5 Å². The van der Waals surface area contributed by atoms with E-state index in [1.807, 2.05) is 11.8 Å². The van der Waals surface area contributed by atoms with Crippen LogP contribution in [0.5, 0.6) is 0 Å². The first-order valence-electron chi connectivity index (χ1n) is 7.47. The number of amides is 2. The standard InChI is InChI=1S/C14H25N3O2/c1-2-5-13(18)17-9-4-7-12(17)14(19)16-8-3-6-11(15)10-16/h11-12H,2-10,15H2,1H3. The van der Waals surface area contributed by atoms with Gasteiger partial charge in [0.15, 0.2) is 0 Å². The van der Waals surface area contributed by atoms with Gasteiger partial charge in [0.25, 0.3) is 0 Å². The second-order valence-electron chi connectivity index (χ2n) is 5.68. The van der Waals surface area contributed by atoms with Crippen molar-refractivity contribution < 1.29 is 9.59 Å². The number of rotatable bonds is 3. The first kappa shape index (κ1) is 14.3. The number of nitrogens with two attached hydrogens (primary N) is 1. The molecule has 2 unspecified atom stereocenters. The van der Waals surface area contributed by atoms with Crippen molar-refractivity contribution in [2.45, 2.75) is 57.5 Å². The van der Waals surface area contributed by atoms with E-state index in [1.54, 1.807) is 4.90 Å². The number of nitrogens with zero attached hydrogens (tertiary/aromatic N) is 2. The van der Waals surface area contributed by atoms with Gasteiger partial charge in [-0.2, -0.15) is 0 Å². The third-order valence-corrected chi connectivity index (χ3v) is 4.09. The second-order valence-corrected chi connectivity index (χ2v) is 5.68. The Balaban J connectivity index is 1.99. The molecule has 2 aliphatic heterocycles. The van der Waals surface area contributed by atoms with Crippen LogP contribution in [0.2, 0.25) is 0 Å². The largest absolute Gasteiger partial charge is 0.339 e. The Morgan fingerprint density at radius 1 is 1.21 bits per heavy atom. The fourth-order valence-electron chi connectivity index (χ4n) is 3.10. The molecule has 0 aromatic rings. The van der Waals surface area contributed by atoms with Gasteiger partial charge in [-0.1, -0.05) is 6.92 Å². The molecule has 2 atom stereocenters. The summed E-state index contributed by atoms with van der Waals surface area (Å²) in [7, 11) is 0. The van der Waals surface area contributed by atoms with Crippen molar-refractivity contribution in [2.24, 2.45) is 5.73 Å². The summed E-state index contributed by atoms with van der Waals surface area (Å²) in [5, 5.41) is 0. The van der Waals surface area contributed by atoms with E-state index in [4.69, 9.17) is 5.73 Å². The summed E-state index contributed by atoms with van der Waals surface area (Å²) in [6.07, 6.45) is 5.09. The minimum atomic E-state index is -0.232. The maximum absolute atomic E-state index is 12.5. The predicted octanol–water partition coefficient (Wildman–Crippen LogP) is 0.727. The molecule has 0 saturated carbocycles. The van der Waals surface area contributed by atoms with Crippen molar-refractivity contribution in [3.63, 3.8) is 0 Å². The first-order valence-corrected chi connectivity index (χ1v) is 7.47. The highest BCUT2D eigenvalue weighted by atomic mass is 16.2. The van der Waals surface area contributed by atoms with Crippen LogP contribution in [0.3, 0.4) is 0 Å². The second kappa shape index (κ2) is 6.37. The van der Waals surface area contributed by atoms with Crippen LogP contribution in [0.4, 0.5) is 0 Å². The zero-order valence-electron chi connectivity index (χ0n) is 11.8. The Bertz CT molecular complexity index is 346. The zero-order chi connectivity index (χ0) is 13.8. The van der Waals surface area contributed by atoms with E-state index >= 15 is 0 Å². The molecule has 2 amide bonds. The summed E-state index contributed by atoms with van der Waals surface area (Å²) in [6.45, 7) is 4.16. The summed E-state index contributed by atoms with van der Waals surface area (Å²) < 4.78 is 0. The molecule has 0 bridgehead atoms. The zero-order valence-corrected chi connectivity index (χ0v) is 11.8. The smallest absolute Gasteiger partial charge is 0.245 e. The number of hydrogen-bond donors (Lipinski definition) is 1. The van der Waals surface area contributed by atoms with Crippen molar-refractivity contribution in [3.8, 4) is 0 Å². The fourth-order valence-corrected chi connectivity index (χ4v) is 3.10. The lowest BCUT2D eigenvalue weighted by molar-refractivity contribution is -0.144. The third-order valence-electron chi connectivity index (χ3n) is 4.09. The van der Waals surface area contributed by atoms with Gasteiger partial charge in [0.05, 0.1) is 0 Å². The highest BCUT2D eigenvalue weighted by Gasteiger charge is 2.36. The minimum Gasteiger partial charge on any atom is -0.339 e. The average molecular weight is 267 g/mol. The lowest BCUT2D eigenvalue weighted by Crippen LogP contribution is -2.52. The van der Waals surface area contributed by atoms with E-state index < -0.39 is 0 Å². The van der Waals surface area contributed by atoms with Crippen LogP contribution in [0, 0.1) is 0 Å². The van der Waals surface area contributed by atoms with Crippen molar-refractivity contribution in [3.05, 3.63) is 0 Å². The SMILES string of the molecule is CCCC(=O)N1CCCC1C(=O)N1CCCC(N)C1. The fraction of sp³-hybridized carbons (Fsp3) is 0.857. The Labute approximate surface area is 115 Å². The van der Waals surface area contributed by atoms with E-state index in [2.05, 4.69) is 0 Å². The minimum absolute atomic E-state index is 0.0962. The third kappa shape index (κ3) is 3.26. The van der Waals surface area contributed by atoms with Crippen LogP contribution in [-0.4, -0.2) is 53.3 Å². The Kier molecular flexibility index (Phi) is 4.80. The van der Waals surface area contributed by atoms with Crippen LogP contribution < -0.4 is 5.73 Å². The molecule has 0 spiro atoms. The highest BCUT2D eigenvalue weighted by molar-refractivity contribution is 5.88. The number of carbonyl (C=O) groups is 2. The van der Waals surface area contributed by atoms with Gasteiger partial charge >= 0.3 is 0 Å². The van der Waals surface area contributed by atoms with E-state index in [0.29, 0.717) is 13.0 Å². The quantitative estimate of drug-likeness (QED) is 0.819. The van der Waals surface area contributed by atoms with Crippen LogP contribution in [0.25, 0.3) is 0 Å². The first-order chi connectivity index (χ1) is 9.13. The number of hydrogen-bond acceptors (Lipinski definition) is 3. The van der Waals surface area contributed by atoms with Gasteiger partial charge in [0.1, 0.15) is 6.04 Å². The molecule has 5 nitrogen and oxygen atoms in total. The monoisotopic (exact) mass is 267 g/mol. The molecule has 2 aliphatic rings. The Morgan fingerprint density at radius 3 is 2.63 bits per heavy atom. The molecule has 2 fully saturated rings. The normalized spacial score (nSPS) is 27.7. The van der Waals surface area contributed by atoms with Gasteiger partial charge in [-0.3, -0.25) is 9.59 Å². The summed E-state index contributed by atoms with van der Waals surface area (Å²) in [5.41, 5.74) is 5.93. The average Bonchev–Trinajstić information content (AvgIpc) is 2.87. The van der Waals surface area contributed by atoms with E-state index in [0.717, 1.165) is 45.2 Å². The van der Waals surface area contributed by atoms with Crippen molar-refractivity contribution in [1.29, 1.82) is 0 Å². The molecule has 5 heteroatoms. The molecule has 2 saturated heterocycles. The van der Waals surface area contributed by atoms with Crippen molar-refractivity contribution in [2.75, 3.05) is 19.6 Å². The molecule has 0 radical (unpaired) electrons. The van der Waals surface area contributed by atoms with Crippen molar-refractivity contribution >= 4 is 11.8 Å². The lowest BCUT2D eigenvalue weighted by atomic mass is 10.0. The highest BCUT2D eigenvalue weighted by Crippen LogP contribution is 2.22. The molecule has 0 aromatic carbocycles. The number of piperidine rings is 1. The van der Waals surface area contributed by atoms with Crippen molar-refractivity contribution in [1.82, 2.24) is 9.80 Å². The van der Waals surface area contributed by atoms with E-state index in [1.165, 1.54) is 0 Å². The Morgan fingerprint density at radius 2 is 1.95 bits per heavy atom. The molecule has 2 heterocycles. The van der Waals surface area contributed by atoms with Gasteiger partial charge in [-0.25, -0.2) is 0 Å². The van der Waals surface area contributed by atoms with Gasteiger partial charge in [-0.05, 0) is 32.1 Å². The van der Waals surface area contributed by atoms with Gasteiger partial charge in [-0.15, -0.1) is 0 Å². The van der Waals surface area contributed by atoms with E-state index in [-0.39, 0.29) is 23.9 Å². The summed E-state index contributed by atoms with van der Waals surface area (Å²) in [4.78, 5) is 28.2. The van der Waals surface area contributed by atoms with Crippen LogP contribution in [0.15, 0.2) is 0 Å². The summed E-state index contributed by atoms with van der Waals surface area (Å²) in [5.74, 6) is 0.233. The lowest BCUT2D eigenvalue weighted by Gasteiger charge is -2.35. The maximum atomic E-state index is 12.5. The number of carbonyl (C=O) groups excluding carboxylic acids is 2. The molecule has 2 rings (SSSR count). The van der Waals surface area contributed by atoms with E-state index in [9.17, 15) is 9.59 Å². The molecule has 19 heavy (non-hydrogen) atoms. The molecular formula is C14H25N3O2. The Hall–Kier alpha value is -1.10. The number of likely N-dealkylation sites (tertiary alicyclic amines) is 2. The molecule has 0 aromatic heterocycles. The van der Waals surface area contributed by atoms with Crippen LogP contribution in [0.1, 0.15) is 45.4 Å². The molecule has 108 valence electrons. The van der Waals surface area contributed by atoms with Crippen LogP contribution in [-0.2, 0) is 9.59 Å². The van der Waals surface area contributed by atoms with Gasteiger partial charge in [0, 0.05) is 32.1 Å². The maximum Gasteiger partial charge on any atom is 0.245 e. The van der Waals surface area contributed by atoms with Gasteiger partial charge in [0.2, 0.25) is 11.8 Å². The molecular weight excluding hydrogens is 242 g/mol. The topological polar surface area (TPSA) is 66.6 Å². The summed E-state index contributed by atoms with van der Waals surface area (Å²) >= 11 is 0. The molecule has 0 aliphatic carbocycles. The molecule has 2 N–H and O–H groups in total.